The second-order valence-electron chi connectivity index (χ2n) is 5.16. The lowest BCUT2D eigenvalue weighted by atomic mass is 10.1. The highest BCUT2D eigenvalue weighted by Gasteiger charge is 2.26. The van der Waals surface area contributed by atoms with Gasteiger partial charge in [-0.1, -0.05) is 6.07 Å². The van der Waals surface area contributed by atoms with Crippen LogP contribution in [0.15, 0.2) is 17.5 Å². The van der Waals surface area contributed by atoms with Crippen LogP contribution in [0.3, 0.4) is 0 Å². The van der Waals surface area contributed by atoms with Gasteiger partial charge < -0.3 is 20.1 Å². The number of esters is 2. The minimum absolute atomic E-state index is 0.110. The largest absolute Gasteiger partial charge is 0.462 e. The molecule has 144 valence electrons. The Labute approximate surface area is 163 Å². The summed E-state index contributed by atoms with van der Waals surface area (Å²) in [5.74, 6) is -2.27. The summed E-state index contributed by atoms with van der Waals surface area (Å²) in [7, 11) is 1.47. The summed E-state index contributed by atoms with van der Waals surface area (Å²) >= 11 is 2.15. The van der Waals surface area contributed by atoms with Crippen LogP contribution in [0.1, 0.15) is 42.2 Å². The number of anilines is 1. The molecule has 2 aromatic rings. The molecule has 0 aliphatic rings. The minimum atomic E-state index is -0.646. The summed E-state index contributed by atoms with van der Waals surface area (Å²) in [4.78, 5) is 48.8. The van der Waals surface area contributed by atoms with E-state index in [4.69, 9.17) is 9.47 Å². The predicted molar refractivity (Wildman–Crippen MR) is 102 cm³/mol. The number of carbonyl (C=O) groups excluding carboxylic acids is 4. The monoisotopic (exact) mass is 410 g/mol. The van der Waals surface area contributed by atoms with Gasteiger partial charge in [-0.3, -0.25) is 9.59 Å². The lowest BCUT2D eigenvalue weighted by molar-refractivity contribution is -0.119. The number of amides is 2. The van der Waals surface area contributed by atoms with Crippen molar-refractivity contribution in [1.29, 1.82) is 0 Å². The van der Waals surface area contributed by atoms with Crippen LogP contribution in [0.2, 0.25) is 0 Å². The normalized spacial score (nSPS) is 10.2. The zero-order valence-electron chi connectivity index (χ0n) is 14.9. The number of hydrogen-bond acceptors (Lipinski definition) is 8. The van der Waals surface area contributed by atoms with Crippen LogP contribution in [0, 0.1) is 6.92 Å². The predicted octanol–water partition coefficient (Wildman–Crippen LogP) is 2.45. The van der Waals surface area contributed by atoms with Crippen molar-refractivity contribution in [2.45, 2.75) is 13.8 Å². The molecule has 27 heavy (non-hydrogen) atoms. The van der Waals surface area contributed by atoms with Crippen molar-refractivity contribution in [3.63, 3.8) is 0 Å². The molecule has 0 spiro atoms. The lowest BCUT2D eigenvalue weighted by Crippen LogP contribution is -2.21. The van der Waals surface area contributed by atoms with E-state index in [2.05, 4.69) is 10.6 Å². The molecule has 8 nitrogen and oxygen atoms in total. The van der Waals surface area contributed by atoms with Crippen LogP contribution in [-0.2, 0) is 14.3 Å². The lowest BCUT2D eigenvalue weighted by Gasteiger charge is -2.07. The van der Waals surface area contributed by atoms with E-state index in [9.17, 15) is 19.2 Å². The molecule has 0 unspecified atom stereocenters. The quantitative estimate of drug-likeness (QED) is 0.679. The number of ether oxygens (including phenoxy) is 2. The third-order valence-corrected chi connectivity index (χ3v) is 5.43. The molecule has 0 atom stereocenters. The summed E-state index contributed by atoms with van der Waals surface area (Å²) in [6, 6.07) is 3.28. The highest BCUT2D eigenvalue weighted by molar-refractivity contribution is 7.18. The molecular formula is C17H18N2O6S2. The van der Waals surface area contributed by atoms with E-state index in [0.29, 0.717) is 10.4 Å². The van der Waals surface area contributed by atoms with Gasteiger partial charge in [0.15, 0.2) is 6.61 Å². The Hall–Kier alpha value is -2.72. The number of carbonyl (C=O) groups is 4. The third-order valence-electron chi connectivity index (χ3n) is 3.37. The second-order valence-corrected chi connectivity index (χ2v) is 7.13. The average molecular weight is 410 g/mol. The first-order valence-electron chi connectivity index (χ1n) is 7.92. The summed E-state index contributed by atoms with van der Waals surface area (Å²) in [5.41, 5.74) is 0.516. The molecule has 2 amide bonds. The summed E-state index contributed by atoms with van der Waals surface area (Å²) < 4.78 is 9.95. The molecule has 2 N–H and O–H groups in total. The van der Waals surface area contributed by atoms with E-state index >= 15 is 0 Å². The van der Waals surface area contributed by atoms with Gasteiger partial charge in [0.1, 0.15) is 9.88 Å². The number of hydrogen-bond donors (Lipinski definition) is 2. The Morgan fingerprint density at radius 1 is 1.15 bits per heavy atom. The third kappa shape index (κ3) is 4.92. The summed E-state index contributed by atoms with van der Waals surface area (Å²) in [5, 5.41) is 6.88. The average Bonchev–Trinajstić information content (AvgIpc) is 3.27. The van der Waals surface area contributed by atoms with Crippen molar-refractivity contribution < 1.29 is 28.7 Å². The first-order chi connectivity index (χ1) is 12.9. The fourth-order valence-electron chi connectivity index (χ4n) is 2.14. The van der Waals surface area contributed by atoms with Crippen LogP contribution in [0.4, 0.5) is 5.00 Å². The first-order valence-corrected chi connectivity index (χ1v) is 9.61. The molecule has 0 bridgehead atoms. The molecule has 0 saturated heterocycles. The van der Waals surface area contributed by atoms with Crippen molar-refractivity contribution in [1.82, 2.24) is 5.32 Å². The molecule has 0 fully saturated rings. The topological polar surface area (TPSA) is 111 Å². The summed E-state index contributed by atoms with van der Waals surface area (Å²) in [6.45, 7) is 2.88. The standard InChI is InChI=1S/C17H18N2O6S2/c1-4-24-17(23)12-9(2)13(14(21)18-3)27-15(12)19-11(20)8-25-16(22)10-6-5-7-26-10/h5-7H,4,8H2,1-3H3,(H,18,21)(H,19,20). The zero-order chi connectivity index (χ0) is 20.0. The van der Waals surface area contributed by atoms with E-state index in [1.54, 1.807) is 31.4 Å². The number of nitrogens with one attached hydrogen (secondary N) is 2. The van der Waals surface area contributed by atoms with Gasteiger partial charge in [-0.2, -0.15) is 0 Å². The van der Waals surface area contributed by atoms with E-state index in [0.717, 1.165) is 11.3 Å². The Morgan fingerprint density at radius 2 is 1.89 bits per heavy atom. The van der Waals surface area contributed by atoms with Crippen molar-refractivity contribution in [3.8, 4) is 0 Å². The Morgan fingerprint density at radius 3 is 2.48 bits per heavy atom. The van der Waals surface area contributed by atoms with Gasteiger partial charge in [-0.15, -0.1) is 22.7 Å². The van der Waals surface area contributed by atoms with Crippen molar-refractivity contribution in [3.05, 3.63) is 38.4 Å². The highest BCUT2D eigenvalue weighted by atomic mass is 32.1. The second kappa shape index (κ2) is 9.28. The molecule has 2 heterocycles. The molecule has 0 aliphatic heterocycles. The van der Waals surface area contributed by atoms with Gasteiger partial charge in [0.05, 0.1) is 17.0 Å². The summed E-state index contributed by atoms with van der Waals surface area (Å²) in [6.07, 6.45) is 0. The highest BCUT2D eigenvalue weighted by Crippen LogP contribution is 2.33. The van der Waals surface area contributed by atoms with E-state index in [-0.39, 0.29) is 28.0 Å². The molecule has 10 heteroatoms. The van der Waals surface area contributed by atoms with Gasteiger partial charge in [0.25, 0.3) is 11.8 Å². The van der Waals surface area contributed by atoms with Gasteiger partial charge in [-0.25, -0.2) is 9.59 Å². The fraction of sp³-hybridized carbons (Fsp3) is 0.294. The molecule has 0 saturated carbocycles. The van der Waals surface area contributed by atoms with Crippen molar-refractivity contribution in [2.75, 3.05) is 25.6 Å². The van der Waals surface area contributed by atoms with Gasteiger partial charge in [0.2, 0.25) is 0 Å². The Balaban J connectivity index is 2.15. The van der Waals surface area contributed by atoms with Gasteiger partial charge in [-0.05, 0) is 30.9 Å². The number of thiophene rings is 2. The first kappa shape index (κ1) is 20.6. The molecule has 0 radical (unpaired) electrons. The molecule has 2 rings (SSSR count). The zero-order valence-corrected chi connectivity index (χ0v) is 16.5. The molecule has 0 aliphatic carbocycles. The van der Waals surface area contributed by atoms with E-state index in [1.807, 2.05) is 0 Å². The van der Waals surface area contributed by atoms with Gasteiger partial charge in [0, 0.05) is 7.05 Å². The van der Waals surface area contributed by atoms with Crippen LogP contribution in [0.25, 0.3) is 0 Å². The van der Waals surface area contributed by atoms with Crippen LogP contribution >= 0.6 is 22.7 Å². The Bertz CT molecular complexity index is 857. The minimum Gasteiger partial charge on any atom is -0.462 e. The SMILES string of the molecule is CCOC(=O)c1c(NC(=O)COC(=O)c2cccs2)sc(C(=O)NC)c1C. The fourth-order valence-corrected chi connectivity index (χ4v) is 3.91. The van der Waals surface area contributed by atoms with E-state index < -0.39 is 24.5 Å². The number of rotatable bonds is 7. The molecule has 0 aromatic carbocycles. The van der Waals surface area contributed by atoms with Crippen LogP contribution in [-0.4, -0.2) is 44.0 Å². The molecule has 2 aromatic heterocycles. The van der Waals surface area contributed by atoms with E-state index in [1.165, 1.54) is 18.4 Å². The van der Waals surface area contributed by atoms with Crippen LogP contribution in [0.5, 0.6) is 0 Å². The maximum absolute atomic E-state index is 12.2. The smallest absolute Gasteiger partial charge is 0.348 e. The van der Waals surface area contributed by atoms with Crippen molar-refractivity contribution in [2.24, 2.45) is 0 Å². The van der Waals surface area contributed by atoms with Crippen LogP contribution < -0.4 is 10.6 Å². The maximum atomic E-state index is 12.2. The Kier molecular flexibility index (Phi) is 7.08. The van der Waals surface area contributed by atoms with Gasteiger partial charge >= 0.3 is 11.9 Å². The van der Waals surface area contributed by atoms with Crippen molar-refractivity contribution >= 4 is 51.4 Å². The molecular weight excluding hydrogens is 392 g/mol. The maximum Gasteiger partial charge on any atom is 0.348 e.